The Labute approximate surface area is 193 Å². The van der Waals surface area contributed by atoms with Gasteiger partial charge in [0.15, 0.2) is 5.11 Å². The number of nitrogens with zero attached hydrogens (tertiary/aromatic N) is 3. The molecule has 2 atom stereocenters. The van der Waals surface area contributed by atoms with Gasteiger partial charge in [0.25, 0.3) is 0 Å². The van der Waals surface area contributed by atoms with Crippen molar-refractivity contribution in [2.24, 2.45) is 0 Å². The molecule has 5 nitrogen and oxygen atoms in total. The number of aromatic nitrogens is 2. The van der Waals surface area contributed by atoms with E-state index < -0.39 is 0 Å². The summed E-state index contributed by atoms with van der Waals surface area (Å²) in [6.45, 7) is 2.13. The first-order valence-electron chi connectivity index (χ1n) is 10.6. The Morgan fingerprint density at radius 3 is 2.41 bits per heavy atom. The lowest BCUT2D eigenvalue weighted by Crippen LogP contribution is -2.30. The van der Waals surface area contributed by atoms with Gasteiger partial charge in [0.1, 0.15) is 11.8 Å². The van der Waals surface area contributed by atoms with Gasteiger partial charge in [-0.2, -0.15) is 0 Å². The van der Waals surface area contributed by atoms with Crippen molar-refractivity contribution < 1.29 is 4.74 Å². The van der Waals surface area contributed by atoms with Gasteiger partial charge in [-0.1, -0.05) is 36.4 Å². The van der Waals surface area contributed by atoms with Crippen molar-refractivity contribution in [3.8, 4) is 11.4 Å². The van der Waals surface area contributed by atoms with Crippen LogP contribution in [0.3, 0.4) is 0 Å². The molecule has 1 fully saturated rings. The molecule has 160 valence electrons. The Kier molecular flexibility index (Phi) is 5.37. The van der Waals surface area contributed by atoms with E-state index in [9.17, 15) is 0 Å². The zero-order chi connectivity index (χ0) is 22.1. The van der Waals surface area contributed by atoms with Gasteiger partial charge >= 0.3 is 0 Å². The Morgan fingerprint density at radius 1 is 0.906 bits per heavy atom. The monoisotopic (exact) mass is 440 g/mol. The van der Waals surface area contributed by atoms with Gasteiger partial charge in [-0.15, -0.1) is 0 Å². The molecule has 1 N–H and O–H groups in total. The third kappa shape index (κ3) is 3.42. The molecule has 5 rings (SSSR count). The fourth-order valence-electron chi connectivity index (χ4n) is 4.43. The van der Waals surface area contributed by atoms with Crippen LogP contribution in [0.5, 0.6) is 5.75 Å². The van der Waals surface area contributed by atoms with E-state index in [1.165, 1.54) is 5.56 Å². The average molecular weight is 441 g/mol. The van der Waals surface area contributed by atoms with E-state index in [4.69, 9.17) is 17.0 Å². The predicted molar refractivity (Wildman–Crippen MR) is 131 cm³/mol. The average Bonchev–Trinajstić information content (AvgIpc) is 3.44. The standard InChI is InChI=1S/C26H24N4OS/c1-18-10-3-4-12-20(18)29-17-9-14-22(29)25-24(19-11-7-8-16-27-19)28-26(32)30(25)21-13-5-6-15-23(21)31-2/h3-17,24-25H,1-2H3,(H,28,32). The molecule has 2 aromatic heterocycles. The van der Waals surface area contributed by atoms with Crippen LogP contribution in [0.2, 0.25) is 0 Å². The molecule has 1 aliphatic rings. The SMILES string of the molecule is COc1ccccc1N1C(=S)NC(c2ccccn2)C1c1cccn1-c1ccccc1C. The summed E-state index contributed by atoms with van der Waals surface area (Å²) in [5, 5.41) is 4.17. The van der Waals surface area contributed by atoms with Crippen molar-refractivity contribution >= 4 is 23.0 Å². The molecular formula is C26H24N4OS. The van der Waals surface area contributed by atoms with Crippen LogP contribution in [0.1, 0.15) is 29.0 Å². The maximum atomic E-state index is 5.87. The number of hydrogen-bond acceptors (Lipinski definition) is 3. The highest BCUT2D eigenvalue weighted by molar-refractivity contribution is 7.80. The highest BCUT2D eigenvalue weighted by atomic mass is 32.1. The number of methoxy groups -OCH3 is 1. The van der Waals surface area contributed by atoms with Crippen LogP contribution in [-0.2, 0) is 0 Å². The maximum Gasteiger partial charge on any atom is 0.174 e. The van der Waals surface area contributed by atoms with Crippen molar-refractivity contribution in [1.82, 2.24) is 14.9 Å². The summed E-state index contributed by atoms with van der Waals surface area (Å²) in [4.78, 5) is 6.81. The van der Waals surface area contributed by atoms with Gasteiger partial charge < -0.3 is 19.5 Å². The zero-order valence-electron chi connectivity index (χ0n) is 18.0. The van der Waals surface area contributed by atoms with Crippen molar-refractivity contribution in [3.63, 3.8) is 0 Å². The molecule has 0 bridgehead atoms. The molecule has 0 spiro atoms. The minimum Gasteiger partial charge on any atom is -0.495 e. The van der Waals surface area contributed by atoms with E-state index in [0.717, 1.165) is 28.5 Å². The topological polar surface area (TPSA) is 42.3 Å². The summed E-state index contributed by atoms with van der Waals surface area (Å²) in [7, 11) is 1.69. The second kappa shape index (κ2) is 8.48. The highest BCUT2D eigenvalue weighted by Gasteiger charge is 2.43. The summed E-state index contributed by atoms with van der Waals surface area (Å²) in [5.41, 5.74) is 5.33. The molecule has 1 saturated heterocycles. The molecular weight excluding hydrogens is 416 g/mol. The number of nitrogens with one attached hydrogen (secondary N) is 1. The van der Waals surface area contributed by atoms with Crippen LogP contribution in [-0.4, -0.2) is 21.8 Å². The number of ether oxygens (including phenoxy) is 1. The molecule has 2 aromatic carbocycles. The van der Waals surface area contributed by atoms with E-state index in [1.807, 2.05) is 48.7 Å². The molecule has 0 radical (unpaired) electrons. The van der Waals surface area contributed by atoms with Crippen LogP contribution in [0.15, 0.2) is 91.3 Å². The third-order valence-electron chi connectivity index (χ3n) is 5.90. The van der Waals surface area contributed by atoms with E-state index >= 15 is 0 Å². The summed E-state index contributed by atoms with van der Waals surface area (Å²) in [6, 6.07) is 26.4. The summed E-state index contributed by atoms with van der Waals surface area (Å²) in [6.07, 6.45) is 3.93. The van der Waals surface area contributed by atoms with Gasteiger partial charge in [-0.25, -0.2) is 0 Å². The number of pyridine rings is 1. The molecule has 0 aliphatic carbocycles. The molecule has 2 unspecified atom stereocenters. The van der Waals surface area contributed by atoms with Crippen LogP contribution in [0.4, 0.5) is 5.69 Å². The predicted octanol–water partition coefficient (Wildman–Crippen LogP) is 5.37. The second-order valence-corrected chi connectivity index (χ2v) is 8.14. The molecule has 3 heterocycles. The fraction of sp³-hybridized carbons (Fsp3) is 0.154. The van der Waals surface area contributed by atoms with Crippen molar-refractivity contribution in [2.75, 3.05) is 12.0 Å². The molecule has 32 heavy (non-hydrogen) atoms. The zero-order valence-corrected chi connectivity index (χ0v) is 18.8. The Hall–Kier alpha value is -3.64. The quantitative estimate of drug-likeness (QED) is 0.423. The lowest BCUT2D eigenvalue weighted by molar-refractivity contribution is 0.414. The van der Waals surface area contributed by atoms with Gasteiger partial charge in [0, 0.05) is 23.8 Å². The maximum absolute atomic E-state index is 5.87. The number of thiocarbonyl (C=S) groups is 1. The van der Waals surface area contributed by atoms with Gasteiger partial charge in [-0.05, 0) is 67.2 Å². The lowest BCUT2D eigenvalue weighted by Gasteiger charge is -2.30. The van der Waals surface area contributed by atoms with Crippen LogP contribution >= 0.6 is 12.2 Å². The first kappa shape index (κ1) is 20.3. The van der Waals surface area contributed by atoms with Crippen molar-refractivity contribution in [2.45, 2.75) is 19.0 Å². The second-order valence-electron chi connectivity index (χ2n) is 7.76. The number of aryl methyl sites for hydroxylation is 1. The number of rotatable bonds is 5. The van der Waals surface area contributed by atoms with Crippen molar-refractivity contribution in [3.05, 3.63) is 108 Å². The minimum absolute atomic E-state index is 0.119. The van der Waals surface area contributed by atoms with Crippen LogP contribution in [0, 0.1) is 6.92 Å². The van der Waals surface area contributed by atoms with Crippen molar-refractivity contribution in [1.29, 1.82) is 0 Å². The van der Waals surface area contributed by atoms with Crippen LogP contribution < -0.4 is 15.0 Å². The van der Waals surface area contributed by atoms with Crippen LogP contribution in [0.25, 0.3) is 5.69 Å². The van der Waals surface area contributed by atoms with E-state index in [-0.39, 0.29) is 12.1 Å². The molecule has 0 saturated carbocycles. The molecule has 6 heteroatoms. The number of anilines is 1. The summed E-state index contributed by atoms with van der Waals surface area (Å²) >= 11 is 5.87. The first-order chi connectivity index (χ1) is 15.7. The largest absolute Gasteiger partial charge is 0.495 e. The third-order valence-corrected chi connectivity index (χ3v) is 6.22. The molecule has 4 aromatic rings. The van der Waals surface area contributed by atoms with E-state index in [1.54, 1.807) is 7.11 Å². The molecule has 1 aliphatic heterocycles. The highest BCUT2D eigenvalue weighted by Crippen LogP contribution is 2.44. The van der Waals surface area contributed by atoms with E-state index in [0.29, 0.717) is 5.11 Å². The Morgan fingerprint density at radius 2 is 1.66 bits per heavy atom. The smallest absolute Gasteiger partial charge is 0.174 e. The Balaban J connectivity index is 1.71. The fourth-order valence-corrected chi connectivity index (χ4v) is 4.77. The lowest BCUT2D eigenvalue weighted by atomic mass is 10.0. The summed E-state index contributed by atoms with van der Waals surface area (Å²) < 4.78 is 7.94. The Bertz CT molecular complexity index is 1250. The normalized spacial score (nSPS) is 17.9. The van der Waals surface area contributed by atoms with Gasteiger partial charge in [-0.3, -0.25) is 4.98 Å². The number of para-hydroxylation sites is 3. The van der Waals surface area contributed by atoms with Gasteiger partial charge in [0.2, 0.25) is 0 Å². The number of hydrogen-bond donors (Lipinski definition) is 1. The van der Waals surface area contributed by atoms with Gasteiger partial charge in [0.05, 0.1) is 24.5 Å². The molecule has 0 amide bonds. The van der Waals surface area contributed by atoms with E-state index in [2.05, 4.69) is 69.3 Å². The summed E-state index contributed by atoms with van der Waals surface area (Å²) in [5.74, 6) is 0.775. The number of benzene rings is 2. The first-order valence-corrected chi connectivity index (χ1v) is 11.0. The minimum atomic E-state index is -0.122.